The number of aromatic nitrogens is 3. The van der Waals surface area contributed by atoms with Crippen LogP contribution in [0.1, 0.15) is 30.3 Å². The number of nitrogens with one attached hydrogen (secondary N) is 3. The van der Waals surface area contributed by atoms with E-state index in [1.165, 1.54) is 12.0 Å². The van der Waals surface area contributed by atoms with Crippen LogP contribution in [0.3, 0.4) is 0 Å². The number of halogens is 2. The fourth-order valence-electron chi connectivity index (χ4n) is 4.20. The van der Waals surface area contributed by atoms with Crippen molar-refractivity contribution in [3.8, 4) is 11.6 Å². The number of aliphatic imine (C=N–C) groups is 1. The van der Waals surface area contributed by atoms with Crippen molar-refractivity contribution in [2.45, 2.75) is 25.4 Å². The number of furan rings is 1. The molecule has 2 aromatic heterocycles. The van der Waals surface area contributed by atoms with E-state index < -0.39 is 0 Å². The lowest BCUT2D eigenvalue weighted by atomic mass is 9.85. The van der Waals surface area contributed by atoms with Gasteiger partial charge in [0.25, 0.3) is 0 Å². The molecule has 2 unspecified atom stereocenters. The minimum absolute atomic E-state index is 0. The number of H-pyrrole nitrogens is 1. The molecule has 1 aliphatic rings. The molecule has 0 radical (unpaired) electrons. The Morgan fingerprint density at radius 2 is 2.19 bits per heavy atom. The van der Waals surface area contributed by atoms with Crippen molar-refractivity contribution in [1.82, 2.24) is 30.7 Å². The number of guanidine groups is 1. The van der Waals surface area contributed by atoms with Crippen molar-refractivity contribution in [2.75, 3.05) is 27.2 Å². The first-order valence-corrected chi connectivity index (χ1v) is 10.9. The molecule has 1 fully saturated rings. The summed E-state index contributed by atoms with van der Waals surface area (Å²) < 4.78 is 5.33. The van der Waals surface area contributed by atoms with Crippen LogP contribution in [-0.4, -0.2) is 53.2 Å². The Morgan fingerprint density at radius 1 is 1.31 bits per heavy atom. The zero-order valence-electron chi connectivity index (χ0n) is 18.2. The van der Waals surface area contributed by atoms with Crippen LogP contribution in [0.5, 0.6) is 0 Å². The predicted molar refractivity (Wildman–Crippen MR) is 137 cm³/mol. The van der Waals surface area contributed by atoms with Gasteiger partial charge in [0, 0.05) is 24.7 Å². The summed E-state index contributed by atoms with van der Waals surface area (Å²) in [7, 11) is 3.96. The first-order chi connectivity index (χ1) is 15.1. The fraction of sp³-hybridized carbons (Fsp3) is 0.409. The van der Waals surface area contributed by atoms with E-state index in [9.17, 15) is 0 Å². The van der Waals surface area contributed by atoms with Crippen LogP contribution in [0.25, 0.3) is 11.6 Å². The van der Waals surface area contributed by atoms with Gasteiger partial charge >= 0.3 is 0 Å². The van der Waals surface area contributed by atoms with Crippen LogP contribution in [0.15, 0.2) is 52.1 Å². The van der Waals surface area contributed by atoms with Gasteiger partial charge in [0.2, 0.25) is 5.82 Å². The third kappa shape index (κ3) is 6.02. The van der Waals surface area contributed by atoms with Gasteiger partial charge < -0.3 is 15.1 Å². The van der Waals surface area contributed by atoms with Crippen molar-refractivity contribution in [1.29, 1.82) is 0 Å². The molecular weight excluding hydrogens is 541 g/mol. The molecule has 3 heterocycles. The molecule has 0 aliphatic carbocycles. The van der Waals surface area contributed by atoms with E-state index in [0.717, 1.165) is 30.5 Å². The molecule has 172 valence electrons. The lowest BCUT2D eigenvalue weighted by molar-refractivity contribution is 0.122. The summed E-state index contributed by atoms with van der Waals surface area (Å²) in [5.41, 5.74) is 1.26. The second kappa shape index (κ2) is 11.7. The molecule has 8 nitrogen and oxygen atoms in total. The average Bonchev–Trinajstić information content (AvgIpc) is 3.46. The van der Waals surface area contributed by atoms with Crippen molar-refractivity contribution in [3.05, 3.63) is 59.1 Å². The molecule has 3 N–H and O–H groups in total. The van der Waals surface area contributed by atoms with Gasteiger partial charge in [-0.25, -0.2) is 4.98 Å². The minimum atomic E-state index is 0. The molecule has 0 spiro atoms. The number of benzene rings is 1. The zero-order chi connectivity index (χ0) is 21.6. The Hall–Kier alpha value is -2.11. The highest BCUT2D eigenvalue weighted by Crippen LogP contribution is 2.35. The van der Waals surface area contributed by atoms with Crippen LogP contribution in [-0.2, 0) is 6.54 Å². The molecule has 3 aromatic rings. The summed E-state index contributed by atoms with van der Waals surface area (Å²) in [5.74, 6) is 3.07. The highest BCUT2D eigenvalue weighted by Gasteiger charge is 2.30. The van der Waals surface area contributed by atoms with E-state index in [1.807, 2.05) is 24.3 Å². The number of piperidine rings is 1. The van der Waals surface area contributed by atoms with Gasteiger partial charge in [0.1, 0.15) is 5.82 Å². The van der Waals surface area contributed by atoms with Crippen LogP contribution in [0, 0.1) is 5.92 Å². The maximum atomic E-state index is 6.26. The Bertz CT molecular complexity index is 1010. The highest BCUT2D eigenvalue weighted by atomic mass is 127. The predicted octanol–water partition coefficient (Wildman–Crippen LogP) is 4.08. The molecule has 0 bridgehead atoms. The lowest BCUT2D eigenvalue weighted by Crippen LogP contribution is -2.45. The van der Waals surface area contributed by atoms with Crippen LogP contribution >= 0.6 is 35.6 Å². The fourth-order valence-corrected chi connectivity index (χ4v) is 4.40. The van der Waals surface area contributed by atoms with Gasteiger partial charge in [0.05, 0.1) is 12.8 Å². The summed E-state index contributed by atoms with van der Waals surface area (Å²) in [6, 6.07) is 12.2. The minimum Gasteiger partial charge on any atom is -0.461 e. The van der Waals surface area contributed by atoms with Gasteiger partial charge in [-0.2, -0.15) is 0 Å². The molecule has 4 rings (SSSR count). The van der Waals surface area contributed by atoms with Gasteiger partial charge in [-0.3, -0.25) is 15.0 Å². The molecule has 32 heavy (non-hydrogen) atoms. The molecule has 2 atom stereocenters. The third-order valence-corrected chi connectivity index (χ3v) is 5.88. The monoisotopic (exact) mass is 569 g/mol. The van der Waals surface area contributed by atoms with E-state index in [0.29, 0.717) is 35.9 Å². The number of likely N-dealkylation sites (tertiary alicyclic amines) is 1. The second-order valence-electron chi connectivity index (χ2n) is 7.77. The topological polar surface area (TPSA) is 94.4 Å². The molecule has 0 saturated carbocycles. The lowest BCUT2D eigenvalue weighted by Gasteiger charge is -2.40. The quantitative estimate of drug-likeness (QED) is 0.235. The SMILES string of the molecule is CN=C(NCc1nc(-c2ccco2)n[nH]1)NCC1CCCN(C)C1c1cccc(Cl)c1.I. The normalized spacial score (nSPS) is 19.4. The molecule has 0 amide bonds. The second-order valence-corrected chi connectivity index (χ2v) is 8.21. The van der Waals surface area contributed by atoms with E-state index in [1.54, 1.807) is 13.3 Å². The number of aromatic amines is 1. The maximum absolute atomic E-state index is 6.26. The zero-order valence-corrected chi connectivity index (χ0v) is 21.3. The Morgan fingerprint density at radius 3 is 2.94 bits per heavy atom. The molecular formula is C22H29ClIN7O. The maximum Gasteiger partial charge on any atom is 0.216 e. The third-order valence-electron chi connectivity index (χ3n) is 5.65. The Labute approximate surface area is 210 Å². The molecule has 1 saturated heterocycles. The number of rotatable bonds is 6. The van der Waals surface area contributed by atoms with E-state index in [4.69, 9.17) is 16.0 Å². The van der Waals surface area contributed by atoms with Crippen molar-refractivity contribution in [2.24, 2.45) is 10.9 Å². The van der Waals surface area contributed by atoms with Crippen molar-refractivity contribution in [3.63, 3.8) is 0 Å². The van der Waals surface area contributed by atoms with Crippen LogP contribution in [0.2, 0.25) is 5.02 Å². The number of hydrogen-bond donors (Lipinski definition) is 3. The Kier molecular flexibility index (Phi) is 8.94. The summed E-state index contributed by atoms with van der Waals surface area (Å²) in [6.07, 6.45) is 3.94. The summed E-state index contributed by atoms with van der Waals surface area (Å²) in [6.45, 7) is 2.38. The number of hydrogen-bond acceptors (Lipinski definition) is 5. The largest absolute Gasteiger partial charge is 0.461 e. The highest BCUT2D eigenvalue weighted by molar-refractivity contribution is 14.0. The van der Waals surface area contributed by atoms with Crippen LogP contribution < -0.4 is 10.6 Å². The molecule has 10 heteroatoms. The van der Waals surface area contributed by atoms with E-state index >= 15 is 0 Å². The van der Waals surface area contributed by atoms with Crippen molar-refractivity contribution >= 4 is 41.5 Å². The number of nitrogens with zero attached hydrogens (tertiary/aromatic N) is 4. The van der Waals surface area contributed by atoms with E-state index in [-0.39, 0.29) is 24.0 Å². The van der Waals surface area contributed by atoms with Gasteiger partial charge in [-0.15, -0.1) is 29.1 Å². The summed E-state index contributed by atoms with van der Waals surface area (Å²) in [4.78, 5) is 11.2. The van der Waals surface area contributed by atoms with Crippen molar-refractivity contribution < 1.29 is 4.42 Å². The van der Waals surface area contributed by atoms with Gasteiger partial charge in [-0.05, 0) is 62.2 Å². The smallest absolute Gasteiger partial charge is 0.216 e. The van der Waals surface area contributed by atoms with E-state index in [2.05, 4.69) is 54.9 Å². The molecule has 1 aliphatic heterocycles. The standard InChI is InChI=1S/C22H28ClN7O.HI/c1-24-22(26-14-19-27-21(29-28-19)18-9-5-11-31-18)25-13-16-7-4-10-30(2)20(16)15-6-3-8-17(23)12-15;/h3,5-6,8-9,11-12,16,20H,4,7,10,13-14H2,1-2H3,(H2,24,25,26)(H,27,28,29);1H. The first kappa shape index (κ1) is 24.5. The van der Waals surface area contributed by atoms with Gasteiger partial charge in [0.15, 0.2) is 11.7 Å². The summed E-state index contributed by atoms with van der Waals surface area (Å²) in [5, 5.41) is 14.7. The Balaban J connectivity index is 0.00000289. The van der Waals surface area contributed by atoms with Crippen LogP contribution in [0.4, 0.5) is 0 Å². The first-order valence-electron chi connectivity index (χ1n) is 10.5. The van der Waals surface area contributed by atoms with Gasteiger partial charge in [-0.1, -0.05) is 23.7 Å². The molecule has 1 aromatic carbocycles. The summed E-state index contributed by atoms with van der Waals surface area (Å²) >= 11 is 6.26. The average molecular weight is 570 g/mol.